The third-order valence-corrected chi connectivity index (χ3v) is 5.28. The van der Waals surface area contributed by atoms with Crippen LogP contribution in [0.2, 0.25) is 0 Å². The fraction of sp³-hybridized carbons (Fsp3) is 0.231. The number of thiophene rings is 1. The Balaban J connectivity index is 2.01. The van der Waals surface area contributed by atoms with Crippen LogP contribution in [0.15, 0.2) is 44.7 Å². The van der Waals surface area contributed by atoms with Gasteiger partial charge in [-0.25, -0.2) is 0 Å². The minimum absolute atomic E-state index is 0.333. The maximum absolute atomic E-state index is 3.58. The molecule has 0 fully saturated rings. The molecular formula is C13H13Br2NS. The average Bonchev–Trinajstić information content (AvgIpc) is 2.72. The average molecular weight is 375 g/mol. The van der Waals surface area contributed by atoms with Crippen molar-refractivity contribution in [3.63, 3.8) is 0 Å². The summed E-state index contributed by atoms with van der Waals surface area (Å²) in [5, 5.41) is 5.63. The summed E-state index contributed by atoms with van der Waals surface area (Å²) in [4.78, 5) is 1.34. The number of halogens is 2. The second-order valence-corrected chi connectivity index (χ2v) is 6.53. The standard InChI is InChI=1S/C13H13Br2NS/c1-9(10-4-2-3-5-11(10)14)16-8-13-12(15)6-7-17-13/h2-7,9,16H,8H2,1H3/t9-/m1/s1. The van der Waals surface area contributed by atoms with Crippen molar-refractivity contribution in [2.24, 2.45) is 0 Å². The molecule has 17 heavy (non-hydrogen) atoms. The number of benzene rings is 1. The Kier molecular flexibility index (Phi) is 4.79. The first-order chi connectivity index (χ1) is 8.18. The van der Waals surface area contributed by atoms with Gasteiger partial charge in [-0.05, 0) is 45.9 Å². The highest BCUT2D eigenvalue weighted by atomic mass is 79.9. The maximum atomic E-state index is 3.58. The summed E-state index contributed by atoms with van der Waals surface area (Å²) in [6.45, 7) is 3.07. The molecule has 2 aromatic rings. The molecule has 1 heterocycles. The predicted octanol–water partition coefficient (Wildman–Crippen LogP) is 5.12. The van der Waals surface area contributed by atoms with E-state index in [-0.39, 0.29) is 0 Å². The first-order valence-corrected chi connectivity index (χ1v) is 7.84. The molecule has 0 aliphatic heterocycles. The number of hydrogen-bond donors (Lipinski definition) is 1. The molecule has 0 aliphatic carbocycles. The molecule has 2 rings (SSSR count). The molecule has 0 amide bonds. The van der Waals surface area contributed by atoms with Crippen molar-refractivity contribution in [2.75, 3.05) is 0 Å². The summed E-state index contributed by atoms with van der Waals surface area (Å²) in [7, 11) is 0. The summed E-state index contributed by atoms with van der Waals surface area (Å²) in [6, 6.07) is 10.7. The topological polar surface area (TPSA) is 12.0 Å². The van der Waals surface area contributed by atoms with Gasteiger partial charge in [0.2, 0.25) is 0 Å². The van der Waals surface area contributed by atoms with Gasteiger partial charge in [0.05, 0.1) is 0 Å². The van der Waals surface area contributed by atoms with Crippen molar-refractivity contribution in [2.45, 2.75) is 19.5 Å². The molecular weight excluding hydrogens is 362 g/mol. The Morgan fingerprint density at radius 2 is 1.94 bits per heavy atom. The van der Waals surface area contributed by atoms with Gasteiger partial charge >= 0.3 is 0 Å². The van der Waals surface area contributed by atoms with Gasteiger partial charge in [-0.15, -0.1) is 11.3 Å². The zero-order valence-electron chi connectivity index (χ0n) is 9.41. The Bertz CT molecular complexity index is 496. The van der Waals surface area contributed by atoms with Gasteiger partial charge in [-0.3, -0.25) is 0 Å². The van der Waals surface area contributed by atoms with Gasteiger partial charge in [-0.1, -0.05) is 34.1 Å². The second-order valence-electron chi connectivity index (χ2n) is 3.82. The van der Waals surface area contributed by atoms with E-state index in [1.54, 1.807) is 11.3 Å². The Hall–Kier alpha value is -0.160. The van der Waals surface area contributed by atoms with Crippen LogP contribution in [0.3, 0.4) is 0 Å². The fourth-order valence-corrected chi connectivity index (χ4v) is 3.70. The van der Waals surface area contributed by atoms with Crippen LogP contribution in [0.4, 0.5) is 0 Å². The minimum Gasteiger partial charge on any atom is -0.305 e. The van der Waals surface area contributed by atoms with Gasteiger partial charge in [0, 0.05) is 26.4 Å². The highest BCUT2D eigenvalue weighted by molar-refractivity contribution is 9.10. The summed E-state index contributed by atoms with van der Waals surface area (Å²) >= 11 is 8.90. The highest BCUT2D eigenvalue weighted by Crippen LogP contribution is 2.25. The third kappa shape index (κ3) is 3.41. The zero-order valence-corrected chi connectivity index (χ0v) is 13.4. The van der Waals surface area contributed by atoms with E-state index in [0.29, 0.717) is 6.04 Å². The van der Waals surface area contributed by atoms with E-state index in [0.717, 1.165) is 11.0 Å². The summed E-state index contributed by atoms with van der Waals surface area (Å²) < 4.78 is 2.35. The quantitative estimate of drug-likeness (QED) is 0.782. The zero-order chi connectivity index (χ0) is 12.3. The van der Waals surface area contributed by atoms with Crippen LogP contribution < -0.4 is 5.32 Å². The number of hydrogen-bond acceptors (Lipinski definition) is 2. The molecule has 0 unspecified atom stereocenters. The molecule has 0 saturated heterocycles. The lowest BCUT2D eigenvalue weighted by Crippen LogP contribution is -2.18. The number of rotatable bonds is 4. The van der Waals surface area contributed by atoms with Crippen LogP contribution in [-0.2, 0) is 6.54 Å². The van der Waals surface area contributed by atoms with Crippen molar-refractivity contribution in [3.8, 4) is 0 Å². The molecule has 0 spiro atoms. The van der Waals surface area contributed by atoms with E-state index in [9.17, 15) is 0 Å². The second kappa shape index (κ2) is 6.14. The van der Waals surface area contributed by atoms with Crippen LogP contribution in [0, 0.1) is 0 Å². The molecule has 4 heteroatoms. The van der Waals surface area contributed by atoms with Crippen LogP contribution in [0.25, 0.3) is 0 Å². The first kappa shape index (κ1) is 13.3. The summed E-state index contributed by atoms with van der Waals surface area (Å²) in [5.41, 5.74) is 1.29. The molecule has 1 atom stereocenters. The predicted molar refractivity (Wildman–Crippen MR) is 81.4 cm³/mol. The highest BCUT2D eigenvalue weighted by Gasteiger charge is 2.09. The van der Waals surface area contributed by atoms with Crippen LogP contribution in [0.5, 0.6) is 0 Å². The van der Waals surface area contributed by atoms with Gasteiger partial charge in [0.25, 0.3) is 0 Å². The number of nitrogens with one attached hydrogen (secondary N) is 1. The smallest absolute Gasteiger partial charge is 0.0327 e. The van der Waals surface area contributed by atoms with Crippen LogP contribution in [-0.4, -0.2) is 0 Å². The van der Waals surface area contributed by atoms with Crippen molar-refractivity contribution >= 4 is 43.2 Å². The summed E-state index contributed by atoms with van der Waals surface area (Å²) in [6.07, 6.45) is 0. The molecule has 1 aromatic heterocycles. The lowest BCUT2D eigenvalue weighted by atomic mass is 10.1. The lowest BCUT2D eigenvalue weighted by Gasteiger charge is -2.15. The third-order valence-electron chi connectivity index (χ3n) is 2.63. The van der Waals surface area contributed by atoms with E-state index in [2.05, 4.69) is 73.7 Å². The molecule has 0 saturated carbocycles. The van der Waals surface area contributed by atoms with Gasteiger partial charge < -0.3 is 5.32 Å². The van der Waals surface area contributed by atoms with Gasteiger partial charge in [-0.2, -0.15) is 0 Å². The minimum atomic E-state index is 0.333. The monoisotopic (exact) mass is 373 g/mol. The van der Waals surface area contributed by atoms with Crippen LogP contribution in [0.1, 0.15) is 23.4 Å². The van der Waals surface area contributed by atoms with E-state index in [1.165, 1.54) is 14.9 Å². The Labute approximate surface area is 123 Å². The molecule has 90 valence electrons. The molecule has 0 aliphatic rings. The Morgan fingerprint density at radius 3 is 2.59 bits per heavy atom. The van der Waals surface area contributed by atoms with Crippen molar-refractivity contribution in [1.82, 2.24) is 5.32 Å². The largest absolute Gasteiger partial charge is 0.305 e. The Morgan fingerprint density at radius 1 is 1.18 bits per heavy atom. The van der Waals surface area contributed by atoms with E-state index in [4.69, 9.17) is 0 Å². The fourth-order valence-electron chi connectivity index (χ4n) is 1.63. The van der Waals surface area contributed by atoms with Gasteiger partial charge in [0.1, 0.15) is 0 Å². The maximum Gasteiger partial charge on any atom is 0.0327 e. The molecule has 0 bridgehead atoms. The molecule has 0 radical (unpaired) electrons. The normalized spacial score (nSPS) is 12.6. The van der Waals surface area contributed by atoms with Gasteiger partial charge in [0.15, 0.2) is 0 Å². The van der Waals surface area contributed by atoms with E-state index in [1.807, 2.05) is 6.07 Å². The molecule has 1 aromatic carbocycles. The van der Waals surface area contributed by atoms with Crippen molar-refractivity contribution < 1.29 is 0 Å². The SMILES string of the molecule is C[C@@H](NCc1sccc1Br)c1ccccc1Br. The summed E-state index contributed by atoms with van der Waals surface area (Å²) in [5.74, 6) is 0. The van der Waals surface area contributed by atoms with Crippen molar-refractivity contribution in [1.29, 1.82) is 0 Å². The van der Waals surface area contributed by atoms with E-state index < -0.39 is 0 Å². The first-order valence-electron chi connectivity index (χ1n) is 5.38. The van der Waals surface area contributed by atoms with Crippen LogP contribution >= 0.6 is 43.2 Å². The molecule has 1 nitrogen and oxygen atoms in total. The molecule has 1 N–H and O–H groups in total. The lowest BCUT2D eigenvalue weighted by molar-refractivity contribution is 0.576. The van der Waals surface area contributed by atoms with Crippen molar-refractivity contribution in [3.05, 3.63) is 55.1 Å². The van der Waals surface area contributed by atoms with E-state index >= 15 is 0 Å².